The molecule has 0 saturated carbocycles. The molecule has 2 amide bonds. The van der Waals surface area contributed by atoms with Crippen LogP contribution in [0.5, 0.6) is 11.5 Å². The minimum Gasteiger partial charge on any atom is -0.495 e. The second-order valence-electron chi connectivity index (χ2n) is 12.6. The van der Waals surface area contributed by atoms with Crippen molar-refractivity contribution in [3.63, 3.8) is 0 Å². The molecule has 2 aromatic heterocycles. The van der Waals surface area contributed by atoms with Crippen LogP contribution in [0.2, 0.25) is 0 Å². The molecule has 0 bridgehead atoms. The number of carbonyl (C=O) groups excluding carboxylic acids is 2. The topological polar surface area (TPSA) is 181 Å². The second-order valence-corrected chi connectivity index (χ2v) is 12.6. The van der Waals surface area contributed by atoms with Crippen molar-refractivity contribution in [1.82, 2.24) is 30.2 Å². The van der Waals surface area contributed by atoms with E-state index in [1.54, 1.807) is 36.2 Å². The van der Waals surface area contributed by atoms with Gasteiger partial charge in [0.2, 0.25) is 0 Å². The molecule has 2 aliphatic heterocycles. The highest BCUT2D eigenvalue weighted by molar-refractivity contribution is 5.73. The Hall–Kier alpha value is -4.36. The van der Waals surface area contributed by atoms with Gasteiger partial charge >= 0.3 is 12.2 Å². The number of nitrogens with two attached hydrogens (primary N) is 2. The van der Waals surface area contributed by atoms with Gasteiger partial charge in [0.25, 0.3) is 0 Å². The molecule has 0 spiro atoms. The number of nitrogen functional groups attached to an aromatic ring is 2. The number of aromatic nitrogens is 4. The first kappa shape index (κ1) is 34.1. The van der Waals surface area contributed by atoms with Gasteiger partial charge in [0.05, 0.1) is 14.2 Å². The van der Waals surface area contributed by atoms with Gasteiger partial charge in [-0.3, -0.25) is 0 Å². The van der Waals surface area contributed by atoms with E-state index in [9.17, 15) is 9.59 Å². The van der Waals surface area contributed by atoms with Crippen molar-refractivity contribution in [1.29, 1.82) is 0 Å². The van der Waals surface area contributed by atoms with Gasteiger partial charge in [-0.25, -0.2) is 9.59 Å². The Bertz CT molecular complexity index is 1330. The van der Waals surface area contributed by atoms with Crippen molar-refractivity contribution in [3.8, 4) is 11.5 Å². The van der Waals surface area contributed by atoms with Crippen molar-refractivity contribution >= 4 is 29.4 Å². The van der Waals surface area contributed by atoms with Crippen LogP contribution in [0.25, 0.3) is 5.57 Å². The minimum absolute atomic E-state index is 0.210. The quantitative estimate of drug-likeness (QED) is 0.500. The zero-order valence-corrected chi connectivity index (χ0v) is 27.0. The zero-order chi connectivity index (χ0) is 32.7. The van der Waals surface area contributed by atoms with Crippen LogP contribution in [-0.4, -0.2) is 94.0 Å². The summed E-state index contributed by atoms with van der Waals surface area (Å²) in [6.45, 7) is 13.5. The molecule has 14 nitrogen and oxygen atoms in total. The summed E-state index contributed by atoms with van der Waals surface area (Å²) in [5.74, 6) is 2.11. The van der Waals surface area contributed by atoms with Crippen LogP contribution < -0.4 is 20.9 Å². The van der Waals surface area contributed by atoms with Crippen molar-refractivity contribution in [3.05, 3.63) is 29.6 Å². The van der Waals surface area contributed by atoms with Gasteiger partial charge in [-0.05, 0) is 66.4 Å². The highest BCUT2D eigenvalue weighted by Crippen LogP contribution is 2.33. The van der Waals surface area contributed by atoms with Crippen LogP contribution in [0, 0.1) is 0 Å². The average molecular weight is 615 g/mol. The molecule has 0 unspecified atom stereocenters. The molecule has 0 aliphatic carbocycles. The van der Waals surface area contributed by atoms with Crippen molar-refractivity contribution < 1.29 is 28.5 Å². The highest BCUT2D eigenvalue weighted by Gasteiger charge is 2.30. The lowest BCUT2D eigenvalue weighted by Crippen LogP contribution is -2.41. The summed E-state index contributed by atoms with van der Waals surface area (Å²) in [6, 6.07) is 3.33. The third-order valence-electron chi connectivity index (χ3n) is 6.72. The van der Waals surface area contributed by atoms with Gasteiger partial charge in [0.15, 0.2) is 0 Å². The average Bonchev–Trinajstić information content (AvgIpc) is 2.96. The SMILES string of the molecule is COc1cc(N)nnc1C1=CCN(C(=O)OC(C)(C)C)CC1.COc1cc(N)nnc1C1CCN(C(=O)OC(C)(C)C)CC1. The van der Waals surface area contributed by atoms with Gasteiger partial charge in [-0.2, -0.15) is 0 Å². The van der Waals surface area contributed by atoms with E-state index < -0.39 is 11.2 Å². The largest absolute Gasteiger partial charge is 0.495 e. The van der Waals surface area contributed by atoms with E-state index in [2.05, 4.69) is 20.4 Å². The predicted molar refractivity (Wildman–Crippen MR) is 166 cm³/mol. The van der Waals surface area contributed by atoms with Crippen LogP contribution in [0.15, 0.2) is 18.2 Å². The molecule has 2 aromatic rings. The Balaban J connectivity index is 0.000000240. The van der Waals surface area contributed by atoms with E-state index in [1.165, 1.54) is 0 Å². The number of ether oxygens (including phenoxy) is 4. The third-order valence-corrected chi connectivity index (χ3v) is 6.72. The van der Waals surface area contributed by atoms with Crippen LogP contribution in [0.1, 0.15) is 78.1 Å². The molecule has 14 heteroatoms. The fourth-order valence-corrected chi connectivity index (χ4v) is 4.65. The first-order valence-corrected chi connectivity index (χ1v) is 14.6. The Morgan fingerprint density at radius 1 is 0.773 bits per heavy atom. The number of rotatable bonds is 4. The van der Waals surface area contributed by atoms with Crippen molar-refractivity contribution in [2.75, 3.05) is 51.9 Å². The van der Waals surface area contributed by atoms with Crippen molar-refractivity contribution in [2.45, 2.75) is 77.9 Å². The highest BCUT2D eigenvalue weighted by atomic mass is 16.6. The first-order valence-electron chi connectivity index (χ1n) is 14.6. The number of carbonyl (C=O) groups is 2. The number of likely N-dealkylation sites (tertiary alicyclic amines) is 1. The Kier molecular flexibility index (Phi) is 11.2. The molecule has 4 heterocycles. The molecule has 1 saturated heterocycles. The van der Waals surface area contributed by atoms with Crippen molar-refractivity contribution in [2.24, 2.45) is 0 Å². The van der Waals surface area contributed by atoms with E-state index in [4.69, 9.17) is 30.4 Å². The number of amides is 2. The summed E-state index contributed by atoms with van der Waals surface area (Å²) in [5.41, 5.74) is 12.7. The smallest absolute Gasteiger partial charge is 0.410 e. The Labute approximate surface area is 259 Å². The van der Waals surface area contributed by atoms with E-state index in [1.807, 2.05) is 47.6 Å². The van der Waals surface area contributed by atoms with Crippen LogP contribution in [-0.2, 0) is 9.47 Å². The normalized spacial score (nSPS) is 15.9. The number of hydrogen-bond donors (Lipinski definition) is 2. The summed E-state index contributed by atoms with van der Waals surface area (Å²) < 4.78 is 21.4. The summed E-state index contributed by atoms with van der Waals surface area (Å²) in [7, 11) is 3.16. The minimum atomic E-state index is -0.493. The number of nitrogens with zero attached hydrogens (tertiary/aromatic N) is 6. The predicted octanol–water partition coefficient (Wildman–Crippen LogP) is 4.27. The fourth-order valence-electron chi connectivity index (χ4n) is 4.65. The molecule has 0 aromatic carbocycles. The van der Waals surface area contributed by atoms with E-state index in [0.29, 0.717) is 61.4 Å². The summed E-state index contributed by atoms with van der Waals surface area (Å²) in [5, 5.41) is 16.0. The number of methoxy groups -OCH3 is 2. The maximum Gasteiger partial charge on any atom is 0.410 e. The molecule has 0 radical (unpaired) electrons. The molecule has 44 heavy (non-hydrogen) atoms. The number of piperidine rings is 1. The lowest BCUT2D eigenvalue weighted by molar-refractivity contribution is 0.0202. The molecule has 2 aliphatic rings. The zero-order valence-electron chi connectivity index (χ0n) is 27.0. The summed E-state index contributed by atoms with van der Waals surface area (Å²) >= 11 is 0. The maximum atomic E-state index is 12.1. The van der Waals surface area contributed by atoms with E-state index in [0.717, 1.165) is 24.1 Å². The van der Waals surface area contributed by atoms with E-state index in [-0.39, 0.29) is 18.1 Å². The molecule has 4 N–H and O–H groups in total. The van der Waals surface area contributed by atoms with Crippen LogP contribution in [0.3, 0.4) is 0 Å². The monoisotopic (exact) mass is 614 g/mol. The second kappa shape index (κ2) is 14.4. The number of hydrogen-bond acceptors (Lipinski definition) is 12. The first-order chi connectivity index (χ1) is 20.6. The van der Waals surface area contributed by atoms with Gasteiger partial charge in [0, 0.05) is 44.2 Å². The van der Waals surface area contributed by atoms with Crippen LogP contribution >= 0.6 is 0 Å². The summed E-state index contributed by atoms with van der Waals surface area (Å²) in [6.07, 6.45) is 3.63. The molecular weight excluding hydrogens is 568 g/mol. The molecule has 0 atom stereocenters. The molecular formula is C30H46N8O6. The van der Waals surface area contributed by atoms with Crippen LogP contribution in [0.4, 0.5) is 21.2 Å². The van der Waals surface area contributed by atoms with E-state index >= 15 is 0 Å². The molecule has 242 valence electrons. The lowest BCUT2D eigenvalue weighted by atomic mass is 9.93. The Morgan fingerprint density at radius 3 is 1.80 bits per heavy atom. The fraction of sp³-hybridized carbons (Fsp3) is 0.600. The Morgan fingerprint density at radius 2 is 1.30 bits per heavy atom. The molecule has 4 rings (SSSR count). The lowest BCUT2D eigenvalue weighted by Gasteiger charge is -2.33. The molecule has 1 fully saturated rings. The van der Waals surface area contributed by atoms with Gasteiger partial charge in [0.1, 0.15) is 45.7 Å². The maximum absolute atomic E-state index is 12.1. The number of anilines is 2. The van der Waals surface area contributed by atoms with Gasteiger partial charge in [-0.1, -0.05) is 6.08 Å². The van der Waals surface area contributed by atoms with Gasteiger partial charge < -0.3 is 40.2 Å². The third kappa shape index (κ3) is 9.85. The summed E-state index contributed by atoms with van der Waals surface area (Å²) in [4.78, 5) is 27.5. The van der Waals surface area contributed by atoms with Gasteiger partial charge in [-0.15, -0.1) is 20.4 Å². The standard InChI is InChI=1S/C15H24N4O3.C15H22N4O3/c2*1-15(2,3)22-14(20)19-7-5-10(6-8-19)13-11(21-4)9-12(16)17-18-13/h9-10H,5-8H2,1-4H3,(H2,16,17);5,9H,6-8H2,1-4H3,(H2,16,17).